The molecule has 140 valence electrons. The molecule has 0 saturated carbocycles. The number of alkyl halides is 6. The molecule has 0 radical (unpaired) electrons. The summed E-state index contributed by atoms with van der Waals surface area (Å²) in [5, 5.41) is 0. The third-order valence-corrected chi connectivity index (χ3v) is 4.51. The first-order valence-electron chi connectivity index (χ1n) is 7.70. The van der Waals surface area contributed by atoms with Gasteiger partial charge in [0.05, 0.1) is 11.1 Å². The number of halogens is 7. The van der Waals surface area contributed by atoms with Crippen LogP contribution >= 0.6 is 15.9 Å². The highest BCUT2D eigenvalue weighted by atomic mass is 79.9. The van der Waals surface area contributed by atoms with Crippen LogP contribution in [0.2, 0.25) is 0 Å². The molecule has 0 atom stereocenters. The summed E-state index contributed by atoms with van der Waals surface area (Å²) in [6, 6.07) is 15.3. The summed E-state index contributed by atoms with van der Waals surface area (Å²) in [4.78, 5) is 0. The zero-order valence-corrected chi connectivity index (χ0v) is 15.1. The van der Waals surface area contributed by atoms with Crippen LogP contribution in [0, 0.1) is 0 Å². The molecule has 0 spiro atoms. The highest BCUT2D eigenvalue weighted by molar-refractivity contribution is 9.10. The molecule has 0 saturated heterocycles. The van der Waals surface area contributed by atoms with Crippen molar-refractivity contribution in [1.82, 2.24) is 0 Å². The number of hydrogen-bond acceptors (Lipinski definition) is 0. The molecule has 3 rings (SSSR count). The maximum Gasteiger partial charge on any atom is 0.416 e. The van der Waals surface area contributed by atoms with Crippen LogP contribution in [0.5, 0.6) is 0 Å². The monoisotopic (exact) mass is 444 g/mol. The van der Waals surface area contributed by atoms with Gasteiger partial charge in [0, 0.05) is 4.47 Å². The first-order valence-corrected chi connectivity index (χ1v) is 8.49. The van der Waals surface area contributed by atoms with Gasteiger partial charge in [-0.1, -0.05) is 52.3 Å². The second kappa shape index (κ2) is 7.03. The Morgan fingerprint density at radius 2 is 0.815 bits per heavy atom. The Labute approximate surface area is 159 Å². The van der Waals surface area contributed by atoms with E-state index in [1.165, 1.54) is 12.1 Å². The Morgan fingerprint density at radius 3 is 1.19 bits per heavy atom. The van der Waals surface area contributed by atoms with Crippen molar-refractivity contribution in [1.29, 1.82) is 0 Å². The molecule has 7 heteroatoms. The highest BCUT2D eigenvalue weighted by Crippen LogP contribution is 2.39. The molecule has 0 aromatic heterocycles. The summed E-state index contributed by atoms with van der Waals surface area (Å²) < 4.78 is 78.9. The van der Waals surface area contributed by atoms with E-state index in [4.69, 9.17) is 0 Å². The topological polar surface area (TPSA) is 0 Å². The normalized spacial score (nSPS) is 12.3. The molecule has 0 aliphatic carbocycles. The molecule has 0 N–H and O–H groups in total. The van der Waals surface area contributed by atoms with Crippen LogP contribution in [0.4, 0.5) is 26.3 Å². The molecule has 0 amide bonds. The van der Waals surface area contributed by atoms with Crippen LogP contribution in [0.3, 0.4) is 0 Å². The average molecular weight is 445 g/mol. The van der Waals surface area contributed by atoms with Gasteiger partial charge in [0.15, 0.2) is 0 Å². The number of rotatable bonds is 2. The highest BCUT2D eigenvalue weighted by Gasteiger charge is 2.36. The largest absolute Gasteiger partial charge is 0.416 e. The van der Waals surface area contributed by atoms with Gasteiger partial charge < -0.3 is 0 Å². The molecule has 0 unspecified atom stereocenters. The Balaban J connectivity index is 2.04. The molecule has 3 aromatic rings. The predicted molar refractivity (Wildman–Crippen MR) is 95.0 cm³/mol. The van der Waals surface area contributed by atoms with E-state index in [9.17, 15) is 26.3 Å². The Kier molecular flexibility index (Phi) is 5.08. The summed E-state index contributed by atoms with van der Waals surface area (Å²) in [5.74, 6) is 0. The second-order valence-electron chi connectivity index (χ2n) is 5.88. The summed E-state index contributed by atoms with van der Waals surface area (Å²) in [6.07, 6.45) is -9.74. The summed E-state index contributed by atoms with van der Waals surface area (Å²) in [6.45, 7) is 0. The van der Waals surface area contributed by atoms with Crippen molar-refractivity contribution in [3.05, 3.63) is 82.3 Å². The van der Waals surface area contributed by atoms with Crippen LogP contribution in [-0.4, -0.2) is 0 Å². The summed E-state index contributed by atoms with van der Waals surface area (Å²) in [7, 11) is 0. The van der Waals surface area contributed by atoms with E-state index in [2.05, 4.69) is 15.9 Å². The van der Waals surface area contributed by atoms with Gasteiger partial charge in [-0.15, -0.1) is 0 Å². The van der Waals surface area contributed by atoms with E-state index < -0.39 is 23.5 Å². The van der Waals surface area contributed by atoms with Crippen LogP contribution in [0.25, 0.3) is 22.3 Å². The molecule has 0 heterocycles. The predicted octanol–water partition coefficient (Wildman–Crippen LogP) is 7.82. The third-order valence-electron chi connectivity index (χ3n) is 3.98. The van der Waals surface area contributed by atoms with Crippen molar-refractivity contribution in [3.8, 4) is 22.3 Å². The van der Waals surface area contributed by atoms with Crippen molar-refractivity contribution < 1.29 is 26.3 Å². The molecule has 0 aliphatic heterocycles. The van der Waals surface area contributed by atoms with Crippen LogP contribution in [0.1, 0.15) is 11.1 Å². The lowest BCUT2D eigenvalue weighted by Crippen LogP contribution is -2.11. The molecule has 0 fully saturated rings. The second-order valence-corrected chi connectivity index (χ2v) is 6.79. The maximum absolute atomic E-state index is 13.0. The molecule has 0 aliphatic rings. The van der Waals surface area contributed by atoms with Gasteiger partial charge in [-0.2, -0.15) is 26.3 Å². The Bertz CT molecular complexity index is 906. The zero-order valence-electron chi connectivity index (χ0n) is 13.5. The Morgan fingerprint density at radius 1 is 0.481 bits per heavy atom. The summed E-state index contributed by atoms with van der Waals surface area (Å²) in [5.41, 5.74) is -0.848. The maximum atomic E-state index is 13.0. The van der Waals surface area contributed by atoms with Gasteiger partial charge >= 0.3 is 12.4 Å². The first kappa shape index (κ1) is 19.5. The van der Waals surface area contributed by atoms with Crippen molar-refractivity contribution in [3.63, 3.8) is 0 Å². The van der Waals surface area contributed by atoms with Crippen molar-refractivity contribution in [2.45, 2.75) is 12.4 Å². The fourth-order valence-electron chi connectivity index (χ4n) is 2.62. The smallest absolute Gasteiger partial charge is 0.166 e. The average Bonchev–Trinajstić information content (AvgIpc) is 2.61. The SMILES string of the molecule is FC(F)(F)c1cc(-c2ccc(-c3ccc(Br)cc3)cc2)cc(C(F)(F)F)c1. The lowest BCUT2D eigenvalue weighted by Gasteiger charge is -2.14. The minimum absolute atomic E-state index is 0.125. The minimum atomic E-state index is -4.87. The van der Waals surface area contributed by atoms with Gasteiger partial charge in [0.1, 0.15) is 0 Å². The van der Waals surface area contributed by atoms with E-state index in [1.54, 1.807) is 12.1 Å². The Hall–Kier alpha value is -2.28. The van der Waals surface area contributed by atoms with E-state index >= 15 is 0 Å². The van der Waals surface area contributed by atoms with Gasteiger partial charge in [-0.25, -0.2) is 0 Å². The lowest BCUT2D eigenvalue weighted by atomic mass is 9.97. The lowest BCUT2D eigenvalue weighted by molar-refractivity contribution is -0.143. The van der Waals surface area contributed by atoms with Crippen LogP contribution < -0.4 is 0 Å². The summed E-state index contributed by atoms with van der Waals surface area (Å²) >= 11 is 3.32. The zero-order chi connectivity index (χ0) is 19.8. The fraction of sp³-hybridized carbons (Fsp3) is 0.100. The molecule has 27 heavy (non-hydrogen) atoms. The van der Waals surface area contributed by atoms with E-state index in [0.717, 1.165) is 27.7 Å². The first-order chi connectivity index (χ1) is 12.5. The van der Waals surface area contributed by atoms with E-state index in [0.29, 0.717) is 0 Å². The van der Waals surface area contributed by atoms with Gasteiger partial charge in [0.2, 0.25) is 0 Å². The van der Waals surface area contributed by atoms with Crippen LogP contribution in [0.15, 0.2) is 71.2 Å². The van der Waals surface area contributed by atoms with Crippen LogP contribution in [-0.2, 0) is 12.4 Å². The van der Waals surface area contributed by atoms with E-state index in [-0.39, 0.29) is 17.2 Å². The fourth-order valence-corrected chi connectivity index (χ4v) is 2.88. The van der Waals surface area contributed by atoms with Gasteiger partial charge in [-0.05, 0) is 52.6 Å². The third kappa shape index (κ3) is 4.53. The molecule has 0 bridgehead atoms. The van der Waals surface area contributed by atoms with Gasteiger partial charge in [0.25, 0.3) is 0 Å². The van der Waals surface area contributed by atoms with Crippen molar-refractivity contribution in [2.24, 2.45) is 0 Å². The minimum Gasteiger partial charge on any atom is -0.166 e. The van der Waals surface area contributed by atoms with Crippen molar-refractivity contribution in [2.75, 3.05) is 0 Å². The van der Waals surface area contributed by atoms with E-state index in [1.807, 2.05) is 24.3 Å². The van der Waals surface area contributed by atoms with Crippen molar-refractivity contribution >= 4 is 15.9 Å². The quantitative estimate of drug-likeness (QED) is 0.353. The molecule has 0 nitrogen and oxygen atoms in total. The standard InChI is InChI=1S/C20H11BrF6/c21-18-7-5-13(6-8-18)12-1-3-14(4-2-12)15-9-16(19(22,23)24)11-17(10-15)20(25,26)27/h1-11H. The molecular weight excluding hydrogens is 434 g/mol. The number of benzene rings is 3. The molecule has 3 aromatic carbocycles. The number of hydrogen-bond donors (Lipinski definition) is 0. The van der Waals surface area contributed by atoms with Gasteiger partial charge in [-0.3, -0.25) is 0 Å². The molecular formula is C20H11BrF6.